The minimum absolute atomic E-state index is 0.142. The Bertz CT molecular complexity index is 970. The highest BCUT2D eigenvalue weighted by atomic mass is 35.5. The molecule has 3 amide bonds. The Morgan fingerprint density at radius 2 is 1.93 bits per heavy atom. The number of urea groups is 1. The standard InChI is InChI=1S/C20H18ClFN4O2/c21-14-5-3-4-13(12-14)17-18(27)25-20(24-17)8-10-26(11-9-20)19(28)23-16-7-2-1-6-15(16)22/h1-7,12H,8-11H2,(H,23,28)(H,25,27). The highest BCUT2D eigenvalue weighted by Crippen LogP contribution is 2.29. The molecule has 1 fully saturated rings. The molecule has 0 atom stereocenters. The topological polar surface area (TPSA) is 73.8 Å². The number of rotatable bonds is 2. The normalized spacial score (nSPS) is 18.0. The first kappa shape index (κ1) is 18.4. The van der Waals surface area contributed by atoms with Crippen LogP contribution in [-0.4, -0.2) is 41.3 Å². The molecule has 2 aliphatic heterocycles. The van der Waals surface area contributed by atoms with E-state index in [0.717, 1.165) is 0 Å². The summed E-state index contributed by atoms with van der Waals surface area (Å²) in [6.07, 6.45) is 0.959. The molecule has 4 rings (SSSR count). The summed E-state index contributed by atoms with van der Waals surface area (Å²) in [5.41, 5.74) is 0.445. The molecule has 144 valence electrons. The number of amides is 3. The van der Waals surface area contributed by atoms with Crippen LogP contribution in [-0.2, 0) is 4.79 Å². The summed E-state index contributed by atoms with van der Waals surface area (Å²) in [4.78, 5) is 31.1. The Morgan fingerprint density at radius 3 is 2.64 bits per heavy atom. The molecule has 6 nitrogen and oxygen atoms in total. The number of hydrogen-bond acceptors (Lipinski definition) is 3. The molecule has 1 spiro atoms. The van der Waals surface area contributed by atoms with Gasteiger partial charge in [-0.1, -0.05) is 35.9 Å². The molecule has 0 aromatic heterocycles. The molecule has 2 aromatic carbocycles. The third kappa shape index (κ3) is 3.57. The first-order chi connectivity index (χ1) is 13.5. The zero-order valence-electron chi connectivity index (χ0n) is 14.9. The lowest BCUT2D eigenvalue weighted by Crippen LogP contribution is -2.53. The number of aliphatic imine (C=N–C) groups is 1. The lowest BCUT2D eigenvalue weighted by molar-refractivity contribution is -0.115. The van der Waals surface area contributed by atoms with Crippen LogP contribution in [0.5, 0.6) is 0 Å². The van der Waals surface area contributed by atoms with E-state index in [1.165, 1.54) is 12.1 Å². The number of carbonyl (C=O) groups excluding carboxylic acids is 2. The van der Waals surface area contributed by atoms with Gasteiger partial charge in [-0.05, 0) is 24.3 Å². The number of carbonyl (C=O) groups is 2. The molecule has 0 saturated carbocycles. The minimum atomic E-state index is -0.719. The summed E-state index contributed by atoms with van der Waals surface area (Å²) in [5, 5.41) is 6.07. The van der Waals surface area contributed by atoms with Crippen molar-refractivity contribution < 1.29 is 14.0 Å². The van der Waals surface area contributed by atoms with Crippen molar-refractivity contribution in [3.05, 3.63) is 64.9 Å². The predicted molar refractivity (Wildman–Crippen MR) is 105 cm³/mol. The molecule has 0 aliphatic carbocycles. The van der Waals surface area contributed by atoms with Crippen LogP contribution in [0, 0.1) is 5.82 Å². The number of anilines is 1. The van der Waals surface area contributed by atoms with Gasteiger partial charge in [-0.3, -0.25) is 9.79 Å². The zero-order valence-corrected chi connectivity index (χ0v) is 15.7. The summed E-state index contributed by atoms with van der Waals surface area (Å²) in [5.74, 6) is -0.727. The summed E-state index contributed by atoms with van der Waals surface area (Å²) in [6, 6.07) is 12.7. The van der Waals surface area contributed by atoms with Gasteiger partial charge >= 0.3 is 6.03 Å². The molecule has 28 heavy (non-hydrogen) atoms. The van der Waals surface area contributed by atoms with Gasteiger partial charge in [0.25, 0.3) is 5.91 Å². The van der Waals surface area contributed by atoms with Gasteiger partial charge in [0.2, 0.25) is 0 Å². The van der Waals surface area contributed by atoms with E-state index in [0.29, 0.717) is 42.2 Å². The van der Waals surface area contributed by atoms with Crippen molar-refractivity contribution in [3.8, 4) is 0 Å². The number of benzene rings is 2. The van der Waals surface area contributed by atoms with Crippen molar-refractivity contribution in [2.45, 2.75) is 18.5 Å². The van der Waals surface area contributed by atoms with E-state index >= 15 is 0 Å². The van der Waals surface area contributed by atoms with Crippen LogP contribution < -0.4 is 10.6 Å². The number of halogens is 2. The van der Waals surface area contributed by atoms with E-state index in [-0.39, 0.29) is 17.6 Å². The second-order valence-electron chi connectivity index (χ2n) is 6.85. The molecular formula is C20H18ClFN4O2. The average molecular weight is 401 g/mol. The molecule has 1 saturated heterocycles. The highest BCUT2D eigenvalue weighted by molar-refractivity contribution is 6.47. The molecule has 0 radical (unpaired) electrons. The number of hydrogen-bond donors (Lipinski definition) is 2. The summed E-state index contributed by atoms with van der Waals surface area (Å²) in [6.45, 7) is 0.791. The van der Waals surface area contributed by atoms with Gasteiger partial charge in [0.15, 0.2) is 0 Å². The second-order valence-corrected chi connectivity index (χ2v) is 7.29. The predicted octanol–water partition coefficient (Wildman–Crippen LogP) is 3.42. The SMILES string of the molecule is O=C1NC2(CCN(C(=O)Nc3ccccc3F)CC2)N=C1c1cccc(Cl)c1. The first-order valence-electron chi connectivity index (χ1n) is 8.95. The zero-order chi connectivity index (χ0) is 19.7. The quantitative estimate of drug-likeness (QED) is 0.810. The maximum Gasteiger partial charge on any atom is 0.321 e. The number of para-hydroxylation sites is 1. The fourth-order valence-electron chi connectivity index (χ4n) is 3.47. The Balaban J connectivity index is 1.44. The van der Waals surface area contributed by atoms with Crippen LogP contribution in [0.2, 0.25) is 5.02 Å². The van der Waals surface area contributed by atoms with Crippen molar-refractivity contribution in [3.63, 3.8) is 0 Å². The maximum absolute atomic E-state index is 13.7. The van der Waals surface area contributed by atoms with E-state index in [2.05, 4.69) is 15.6 Å². The van der Waals surface area contributed by atoms with Crippen molar-refractivity contribution in [2.24, 2.45) is 4.99 Å². The molecule has 0 bridgehead atoms. The maximum atomic E-state index is 13.7. The molecule has 2 aliphatic rings. The molecule has 0 unspecified atom stereocenters. The van der Waals surface area contributed by atoms with Gasteiger partial charge in [-0.15, -0.1) is 0 Å². The van der Waals surface area contributed by atoms with Gasteiger partial charge in [0, 0.05) is 36.5 Å². The van der Waals surface area contributed by atoms with Gasteiger partial charge < -0.3 is 15.5 Å². The molecule has 2 N–H and O–H groups in total. The Morgan fingerprint density at radius 1 is 1.18 bits per heavy atom. The van der Waals surface area contributed by atoms with Gasteiger partial charge in [0.05, 0.1) is 5.69 Å². The summed E-state index contributed by atoms with van der Waals surface area (Å²) < 4.78 is 13.7. The molecular weight excluding hydrogens is 383 g/mol. The Kier molecular flexibility index (Phi) is 4.77. The van der Waals surface area contributed by atoms with Crippen LogP contribution in [0.3, 0.4) is 0 Å². The van der Waals surface area contributed by atoms with E-state index in [4.69, 9.17) is 11.6 Å². The van der Waals surface area contributed by atoms with Crippen LogP contribution in [0.25, 0.3) is 0 Å². The number of nitrogens with zero attached hydrogens (tertiary/aromatic N) is 2. The van der Waals surface area contributed by atoms with Gasteiger partial charge in [-0.25, -0.2) is 9.18 Å². The highest BCUT2D eigenvalue weighted by Gasteiger charge is 2.42. The third-order valence-corrected chi connectivity index (χ3v) is 5.21. The van der Waals surface area contributed by atoms with Crippen molar-refractivity contribution >= 4 is 34.9 Å². The number of nitrogens with one attached hydrogen (secondary N) is 2. The first-order valence-corrected chi connectivity index (χ1v) is 9.32. The lowest BCUT2D eigenvalue weighted by Gasteiger charge is -2.37. The third-order valence-electron chi connectivity index (χ3n) is 4.98. The fourth-order valence-corrected chi connectivity index (χ4v) is 3.66. The van der Waals surface area contributed by atoms with Crippen LogP contribution in [0.15, 0.2) is 53.5 Å². The van der Waals surface area contributed by atoms with Crippen molar-refractivity contribution in [2.75, 3.05) is 18.4 Å². The smallest absolute Gasteiger partial charge is 0.321 e. The van der Waals surface area contributed by atoms with Crippen molar-refractivity contribution in [1.82, 2.24) is 10.2 Å². The van der Waals surface area contributed by atoms with Crippen LogP contribution in [0.4, 0.5) is 14.9 Å². The number of likely N-dealkylation sites (tertiary alicyclic amines) is 1. The fraction of sp³-hybridized carbons (Fsp3) is 0.250. The van der Waals surface area contributed by atoms with E-state index < -0.39 is 11.5 Å². The van der Waals surface area contributed by atoms with E-state index in [9.17, 15) is 14.0 Å². The Labute approximate surface area is 166 Å². The van der Waals surface area contributed by atoms with Crippen LogP contribution >= 0.6 is 11.6 Å². The molecule has 8 heteroatoms. The molecule has 2 aromatic rings. The minimum Gasteiger partial charge on any atom is -0.326 e. The second kappa shape index (κ2) is 7.24. The van der Waals surface area contributed by atoms with Gasteiger partial charge in [0.1, 0.15) is 17.2 Å². The van der Waals surface area contributed by atoms with E-state index in [1.807, 2.05) is 0 Å². The van der Waals surface area contributed by atoms with Crippen LogP contribution in [0.1, 0.15) is 18.4 Å². The van der Waals surface area contributed by atoms with Gasteiger partial charge in [-0.2, -0.15) is 0 Å². The monoisotopic (exact) mass is 400 g/mol. The van der Waals surface area contributed by atoms with E-state index in [1.54, 1.807) is 41.3 Å². The molecule has 2 heterocycles. The summed E-state index contributed by atoms with van der Waals surface area (Å²) >= 11 is 6.02. The Hall–Kier alpha value is -2.93. The lowest BCUT2D eigenvalue weighted by atomic mass is 9.98. The number of piperidine rings is 1. The largest absolute Gasteiger partial charge is 0.326 e. The van der Waals surface area contributed by atoms with Crippen molar-refractivity contribution in [1.29, 1.82) is 0 Å². The summed E-state index contributed by atoms with van der Waals surface area (Å²) in [7, 11) is 0. The average Bonchev–Trinajstić information content (AvgIpc) is 3.00.